The second kappa shape index (κ2) is 5.85. The molecule has 0 N–H and O–H groups in total. The summed E-state index contributed by atoms with van der Waals surface area (Å²) in [7, 11) is 1.26. The normalized spacial score (nSPS) is 12.5. The molecule has 1 aliphatic rings. The Bertz CT molecular complexity index is 727. The summed E-state index contributed by atoms with van der Waals surface area (Å²) in [5, 5.41) is 0. The van der Waals surface area contributed by atoms with Gasteiger partial charge in [0.05, 0.1) is 18.2 Å². The van der Waals surface area contributed by atoms with Crippen LogP contribution in [0.3, 0.4) is 0 Å². The van der Waals surface area contributed by atoms with Crippen molar-refractivity contribution in [2.75, 3.05) is 7.11 Å². The first-order chi connectivity index (χ1) is 10.7. The quantitative estimate of drug-likeness (QED) is 0.805. The molecule has 0 unspecified atom stereocenters. The minimum absolute atomic E-state index is 0.0375. The van der Waals surface area contributed by atoms with Gasteiger partial charge in [-0.2, -0.15) is 0 Å². The second-order valence-corrected chi connectivity index (χ2v) is 4.67. The lowest BCUT2D eigenvalue weighted by atomic mass is 10.1. The zero-order valence-electron chi connectivity index (χ0n) is 11.9. The first-order valence-corrected chi connectivity index (χ1v) is 6.64. The first-order valence-electron chi connectivity index (χ1n) is 6.64. The lowest BCUT2D eigenvalue weighted by Gasteiger charge is -2.12. The number of rotatable bonds is 4. The van der Waals surface area contributed by atoms with Gasteiger partial charge in [-0.05, 0) is 5.56 Å². The number of esters is 2. The van der Waals surface area contributed by atoms with E-state index in [9.17, 15) is 9.59 Å². The molecule has 0 aliphatic carbocycles. The molecule has 2 aromatic rings. The van der Waals surface area contributed by atoms with Crippen molar-refractivity contribution in [1.82, 2.24) is 4.98 Å². The van der Waals surface area contributed by atoms with Crippen LogP contribution in [0.1, 0.15) is 32.0 Å². The molecule has 2 heterocycles. The number of cyclic esters (lactones) is 1. The Hall–Kier alpha value is -2.89. The highest BCUT2D eigenvalue weighted by Gasteiger charge is 2.30. The van der Waals surface area contributed by atoms with Gasteiger partial charge in [0, 0.05) is 6.20 Å². The van der Waals surface area contributed by atoms with Crippen LogP contribution in [0.25, 0.3) is 0 Å². The minimum atomic E-state index is -0.620. The third-order valence-corrected chi connectivity index (χ3v) is 3.31. The Kier molecular flexibility index (Phi) is 3.74. The van der Waals surface area contributed by atoms with Gasteiger partial charge in [0.15, 0.2) is 11.4 Å². The number of aromatic nitrogens is 1. The highest BCUT2D eigenvalue weighted by molar-refractivity contribution is 5.97. The van der Waals surface area contributed by atoms with Gasteiger partial charge in [-0.15, -0.1) is 0 Å². The number of fused-ring (bicyclic) bond motifs is 1. The van der Waals surface area contributed by atoms with E-state index in [-0.39, 0.29) is 24.7 Å². The summed E-state index contributed by atoms with van der Waals surface area (Å²) in [6.07, 6.45) is 1.31. The highest BCUT2D eigenvalue weighted by atomic mass is 16.5. The standard InChI is InChI=1S/C16H13NO5/c1-20-16(19)13-14(21-8-10-5-3-2-4-6-10)12-9-22-15(18)11(12)7-17-13/h2-7H,8-9H2,1H3. The zero-order valence-corrected chi connectivity index (χ0v) is 11.9. The summed E-state index contributed by atoms with van der Waals surface area (Å²) in [4.78, 5) is 27.4. The fourth-order valence-electron chi connectivity index (χ4n) is 2.19. The largest absolute Gasteiger partial charge is 0.486 e. The van der Waals surface area contributed by atoms with E-state index in [1.165, 1.54) is 13.3 Å². The van der Waals surface area contributed by atoms with E-state index in [0.717, 1.165) is 5.56 Å². The Morgan fingerprint density at radius 2 is 2.09 bits per heavy atom. The molecule has 0 saturated carbocycles. The van der Waals surface area contributed by atoms with Gasteiger partial charge in [-0.25, -0.2) is 14.6 Å². The third-order valence-electron chi connectivity index (χ3n) is 3.31. The van der Waals surface area contributed by atoms with Crippen LogP contribution in [0.2, 0.25) is 0 Å². The lowest BCUT2D eigenvalue weighted by Crippen LogP contribution is -2.11. The fraction of sp³-hybridized carbons (Fsp3) is 0.188. The van der Waals surface area contributed by atoms with Gasteiger partial charge in [-0.3, -0.25) is 0 Å². The highest BCUT2D eigenvalue weighted by Crippen LogP contribution is 2.32. The van der Waals surface area contributed by atoms with Gasteiger partial charge in [0.2, 0.25) is 0 Å². The van der Waals surface area contributed by atoms with E-state index in [1.807, 2.05) is 30.3 Å². The molecule has 1 aromatic heterocycles. The van der Waals surface area contributed by atoms with Crippen LogP contribution in [-0.2, 0) is 22.7 Å². The summed E-state index contributed by atoms with van der Waals surface area (Å²) in [5.74, 6) is -0.854. The average molecular weight is 299 g/mol. The molecule has 0 saturated heterocycles. The Morgan fingerprint density at radius 1 is 1.32 bits per heavy atom. The molecule has 1 aromatic carbocycles. The number of benzene rings is 1. The van der Waals surface area contributed by atoms with Crippen LogP contribution in [0.4, 0.5) is 0 Å². The SMILES string of the molecule is COC(=O)c1ncc2c(c1OCc1ccccc1)COC2=O. The van der Waals surface area contributed by atoms with Gasteiger partial charge < -0.3 is 14.2 Å². The minimum Gasteiger partial charge on any atom is -0.486 e. The predicted molar refractivity (Wildman–Crippen MR) is 75.5 cm³/mol. The molecular formula is C16H13NO5. The molecule has 0 radical (unpaired) electrons. The number of hydrogen-bond donors (Lipinski definition) is 0. The number of carbonyl (C=O) groups excluding carboxylic acids is 2. The number of methoxy groups -OCH3 is 1. The van der Waals surface area contributed by atoms with E-state index < -0.39 is 11.9 Å². The maximum atomic E-state index is 11.8. The Labute approximate surface area is 126 Å². The van der Waals surface area contributed by atoms with Crippen LogP contribution in [0, 0.1) is 0 Å². The monoisotopic (exact) mass is 299 g/mol. The number of nitrogens with zero attached hydrogens (tertiary/aromatic N) is 1. The van der Waals surface area contributed by atoms with Gasteiger partial charge >= 0.3 is 11.9 Å². The molecule has 1 aliphatic heterocycles. The van der Waals surface area contributed by atoms with E-state index in [0.29, 0.717) is 11.1 Å². The molecule has 22 heavy (non-hydrogen) atoms. The summed E-state index contributed by atoms with van der Waals surface area (Å²) in [5.41, 5.74) is 1.81. The fourth-order valence-corrected chi connectivity index (χ4v) is 2.19. The Balaban J connectivity index is 1.96. The summed E-state index contributed by atoms with van der Waals surface area (Å²) >= 11 is 0. The number of pyridine rings is 1. The topological polar surface area (TPSA) is 74.7 Å². The van der Waals surface area contributed by atoms with Crippen LogP contribution in [0.5, 0.6) is 5.75 Å². The molecular weight excluding hydrogens is 286 g/mol. The van der Waals surface area contributed by atoms with Crippen LogP contribution in [0.15, 0.2) is 36.5 Å². The van der Waals surface area contributed by atoms with Crippen molar-refractivity contribution in [3.8, 4) is 5.75 Å². The van der Waals surface area contributed by atoms with Crippen LogP contribution in [-0.4, -0.2) is 24.0 Å². The van der Waals surface area contributed by atoms with Crippen LogP contribution < -0.4 is 4.74 Å². The van der Waals surface area contributed by atoms with Crippen molar-refractivity contribution in [2.45, 2.75) is 13.2 Å². The molecule has 0 bridgehead atoms. The van der Waals surface area contributed by atoms with E-state index >= 15 is 0 Å². The van der Waals surface area contributed by atoms with Crippen LogP contribution >= 0.6 is 0 Å². The zero-order chi connectivity index (χ0) is 15.5. The molecule has 6 heteroatoms. The van der Waals surface area contributed by atoms with E-state index in [4.69, 9.17) is 14.2 Å². The maximum absolute atomic E-state index is 11.8. The van der Waals surface area contributed by atoms with Crippen molar-refractivity contribution >= 4 is 11.9 Å². The first kappa shape index (κ1) is 14.1. The van der Waals surface area contributed by atoms with Crippen molar-refractivity contribution < 1.29 is 23.8 Å². The maximum Gasteiger partial charge on any atom is 0.360 e. The average Bonchev–Trinajstić information content (AvgIpc) is 2.94. The van der Waals surface area contributed by atoms with E-state index in [1.54, 1.807) is 0 Å². The molecule has 3 rings (SSSR count). The number of hydrogen-bond acceptors (Lipinski definition) is 6. The van der Waals surface area contributed by atoms with Gasteiger partial charge in [0.1, 0.15) is 13.2 Å². The Morgan fingerprint density at radius 3 is 2.82 bits per heavy atom. The smallest absolute Gasteiger partial charge is 0.360 e. The molecule has 0 spiro atoms. The molecule has 0 amide bonds. The van der Waals surface area contributed by atoms with Gasteiger partial charge in [0.25, 0.3) is 0 Å². The van der Waals surface area contributed by atoms with Crippen molar-refractivity contribution in [3.63, 3.8) is 0 Å². The van der Waals surface area contributed by atoms with Gasteiger partial charge in [-0.1, -0.05) is 30.3 Å². The number of ether oxygens (including phenoxy) is 3. The van der Waals surface area contributed by atoms with Crippen molar-refractivity contribution in [1.29, 1.82) is 0 Å². The molecule has 112 valence electrons. The summed E-state index contributed by atoms with van der Waals surface area (Å²) < 4.78 is 15.4. The summed E-state index contributed by atoms with van der Waals surface area (Å²) in [6.45, 7) is 0.308. The lowest BCUT2D eigenvalue weighted by molar-refractivity contribution is 0.0533. The number of carbonyl (C=O) groups is 2. The van der Waals surface area contributed by atoms with Crippen molar-refractivity contribution in [2.24, 2.45) is 0 Å². The predicted octanol–water partition coefficient (Wildman–Crippen LogP) is 2.12. The third kappa shape index (κ3) is 2.50. The van der Waals surface area contributed by atoms with E-state index in [2.05, 4.69) is 4.98 Å². The summed E-state index contributed by atoms with van der Waals surface area (Å²) in [6, 6.07) is 9.48. The van der Waals surface area contributed by atoms with Crippen molar-refractivity contribution in [3.05, 3.63) is 58.9 Å². The molecule has 0 fully saturated rings. The molecule has 6 nitrogen and oxygen atoms in total. The second-order valence-electron chi connectivity index (χ2n) is 4.67. The molecule has 0 atom stereocenters.